The highest BCUT2D eigenvalue weighted by molar-refractivity contribution is 6.30. The summed E-state index contributed by atoms with van der Waals surface area (Å²) in [5, 5.41) is 3.48. The van der Waals surface area contributed by atoms with Crippen LogP contribution in [0.1, 0.15) is 39.9 Å². The summed E-state index contributed by atoms with van der Waals surface area (Å²) in [5.74, 6) is -0.119. The SMILES string of the molecule is Cc1ccc(C)c(C(=O)CCC(=O)NCc2ccc(Cl)cc2)c1. The molecule has 0 unspecified atom stereocenters. The standard InChI is InChI=1S/C19H20ClNO2/c1-13-3-4-14(2)17(11-13)18(22)9-10-19(23)21-12-15-5-7-16(20)8-6-15/h3-8,11H,9-10,12H2,1-2H3,(H,21,23). The third-order valence-electron chi connectivity index (χ3n) is 3.68. The van der Waals surface area contributed by atoms with Gasteiger partial charge in [-0.05, 0) is 43.2 Å². The molecular formula is C19H20ClNO2. The molecule has 0 aliphatic heterocycles. The van der Waals surface area contributed by atoms with E-state index in [0.29, 0.717) is 17.1 Å². The fraction of sp³-hybridized carbons (Fsp3) is 0.263. The van der Waals surface area contributed by atoms with Gasteiger partial charge < -0.3 is 5.32 Å². The summed E-state index contributed by atoms with van der Waals surface area (Å²) in [6.45, 7) is 4.30. The first-order chi connectivity index (χ1) is 11.0. The molecule has 120 valence electrons. The van der Waals surface area contributed by atoms with Gasteiger partial charge >= 0.3 is 0 Å². The first-order valence-corrected chi connectivity index (χ1v) is 7.95. The van der Waals surface area contributed by atoms with Gasteiger partial charge in [0.25, 0.3) is 0 Å². The lowest BCUT2D eigenvalue weighted by atomic mass is 9.99. The average Bonchev–Trinajstić information content (AvgIpc) is 2.54. The van der Waals surface area contributed by atoms with Crippen molar-refractivity contribution in [3.8, 4) is 0 Å². The minimum atomic E-state index is -0.126. The number of hydrogen-bond donors (Lipinski definition) is 1. The minimum Gasteiger partial charge on any atom is -0.352 e. The van der Waals surface area contributed by atoms with Gasteiger partial charge in [0.2, 0.25) is 5.91 Å². The van der Waals surface area contributed by atoms with Crippen molar-refractivity contribution in [2.45, 2.75) is 33.2 Å². The molecule has 2 rings (SSSR count). The predicted octanol–water partition coefficient (Wildman–Crippen LogP) is 4.24. The van der Waals surface area contributed by atoms with E-state index >= 15 is 0 Å². The second kappa shape index (κ2) is 7.93. The summed E-state index contributed by atoms with van der Waals surface area (Å²) in [7, 11) is 0. The van der Waals surface area contributed by atoms with Gasteiger partial charge in [0.1, 0.15) is 0 Å². The van der Waals surface area contributed by atoms with Crippen LogP contribution in [0.25, 0.3) is 0 Å². The summed E-state index contributed by atoms with van der Waals surface area (Å²) in [5.41, 5.74) is 3.67. The summed E-state index contributed by atoms with van der Waals surface area (Å²) < 4.78 is 0. The topological polar surface area (TPSA) is 46.2 Å². The molecule has 2 aromatic carbocycles. The molecule has 0 spiro atoms. The molecule has 0 fully saturated rings. The molecule has 0 aromatic heterocycles. The Balaban J connectivity index is 1.83. The van der Waals surface area contributed by atoms with Crippen LogP contribution in [0, 0.1) is 13.8 Å². The lowest BCUT2D eigenvalue weighted by molar-refractivity contribution is -0.121. The number of rotatable bonds is 6. The number of Topliss-reactive ketones (excluding diaryl/α,β-unsaturated/α-hetero) is 1. The number of nitrogens with one attached hydrogen (secondary N) is 1. The van der Waals surface area contributed by atoms with Crippen LogP contribution in [0.15, 0.2) is 42.5 Å². The fourth-order valence-corrected chi connectivity index (χ4v) is 2.42. The Hall–Kier alpha value is -2.13. The first-order valence-electron chi connectivity index (χ1n) is 7.57. The molecule has 3 nitrogen and oxygen atoms in total. The maximum Gasteiger partial charge on any atom is 0.220 e. The number of carbonyl (C=O) groups excluding carboxylic acids is 2. The van der Waals surface area contributed by atoms with Gasteiger partial charge in [0.15, 0.2) is 5.78 Å². The summed E-state index contributed by atoms with van der Waals surface area (Å²) >= 11 is 5.82. The summed E-state index contributed by atoms with van der Waals surface area (Å²) in [4.78, 5) is 24.1. The van der Waals surface area contributed by atoms with Gasteiger partial charge in [-0.1, -0.05) is 41.4 Å². The molecule has 4 heteroatoms. The van der Waals surface area contributed by atoms with E-state index in [1.165, 1.54) is 0 Å². The Morgan fingerprint density at radius 2 is 1.70 bits per heavy atom. The zero-order valence-electron chi connectivity index (χ0n) is 13.4. The van der Waals surface area contributed by atoms with Crippen molar-refractivity contribution in [1.82, 2.24) is 5.32 Å². The van der Waals surface area contributed by atoms with E-state index in [4.69, 9.17) is 11.6 Å². The number of ketones is 1. The van der Waals surface area contributed by atoms with Crippen molar-refractivity contribution in [3.63, 3.8) is 0 Å². The molecule has 0 bridgehead atoms. The third kappa shape index (κ3) is 5.22. The molecule has 23 heavy (non-hydrogen) atoms. The van der Waals surface area contributed by atoms with Crippen LogP contribution < -0.4 is 5.32 Å². The third-order valence-corrected chi connectivity index (χ3v) is 3.93. The van der Waals surface area contributed by atoms with E-state index in [1.54, 1.807) is 12.1 Å². The zero-order valence-corrected chi connectivity index (χ0v) is 14.1. The van der Waals surface area contributed by atoms with E-state index < -0.39 is 0 Å². The maximum absolute atomic E-state index is 12.2. The minimum absolute atomic E-state index is 0.00726. The molecular weight excluding hydrogens is 310 g/mol. The molecule has 0 atom stereocenters. The summed E-state index contributed by atoms with van der Waals surface area (Å²) in [6.07, 6.45) is 0.413. The fourth-order valence-electron chi connectivity index (χ4n) is 2.29. The maximum atomic E-state index is 12.2. The van der Waals surface area contributed by atoms with E-state index in [9.17, 15) is 9.59 Å². The van der Waals surface area contributed by atoms with Gasteiger partial charge in [-0.3, -0.25) is 9.59 Å². The molecule has 0 heterocycles. The highest BCUT2D eigenvalue weighted by atomic mass is 35.5. The van der Waals surface area contributed by atoms with Crippen molar-refractivity contribution in [2.24, 2.45) is 0 Å². The number of benzene rings is 2. The van der Waals surface area contributed by atoms with Crippen LogP contribution in [0.3, 0.4) is 0 Å². The Labute approximate surface area is 141 Å². The highest BCUT2D eigenvalue weighted by Gasteiger charge is 2.11. The van der Waals surface area contributed by atoms with E-state index in [0.717, 1.165) is 16.7 Å². The second-order valence-corrected chi connectivity index (χ2v) is 6.08. The van der Waals surface area contributed by atoms with Gasteiger partial charge in [0.05, 0.1) is 0 Å². The van der Waals surface area contributed by atoms with Crippen LogP contribution in [-0.4, -0.2) is 11.7 Å². The Kier molecular flexibility index (Phi) is 5.94. The average molecular weight is 330 g/mol. The summed E-state index contributed by atoms with van der Waals surface area (Å²) in [6, 6.07) is 13.1. The molecule has 0 saturated heterocycles. The first kappa shape index (κ1) is 17.2. The normalized spacial score (nSPS) is 10.4. The van der Waals surface area contributed by atoms with E-state index in [2.05, 4.69) is 5.32 Å². The molecule has 1 N–H and O–H groups in total. The zero-order chi connectivity index (χ0) is 16.8. The largest absolute Gasteiger partial charge is 0.352 e. The highest BCUT2D eigenvalue weighted by Crippen LogP contribution is 2.14. The van der Waals surface area contributed by atoms with Crippen molar-refractivity contribution in [3.05, 3.63) is 69.7 Å². The van der Waals surface area contributed by atoms with Crippen molar-refractivity contribution in [2.75, 3.05) is 0 Å². The van der Waals surface area contributed by atoms with Gasteiger partial charge in [-0.2, -0.15) is 0 Å². The van der Waals surface area contributed by atoms with Crippen LogP contribution in [0.2, 0.25) is 5.02 Å². The lowest BCUT2D eigenvalue weighted by Crippen LogP contribution is -2.23. The molecule has 0 aliphatic rings. The van der Waals surface area contributed by atoms with Gasteiger partial charge in [-0.25, -0.2) is 0 Å². The number of hydrogen-bond acceptors (Lipinski definition) is 2. The quantitative estimate of drug-likeness (QED) is 0.806. The number of amides is 1. The predicted molar refractivity (Wildman–Crippen MR) is 92.8 cm³/mol. The van der Waals surface area contributed by atoms with Crippen molar-refractivity contribution >= 4 is 23.3 Å². The molecule has 0 saturated carbocycles. The van der Waals surface area contributed by atoms with Gasteiger partial charge in [0, 0.05) is 30.0 Å². The van der Waals surface area contributed by atoms with Crippen LogP contribution in [0.5, 0.6) is 0 Å². The van der Waals surface area contributed by atoms with Crippen molar-refractivity contribution < 1.29 is 9.59 Å². The Morgan fingerprint density at radius 1 is 1.00 bits per heavy atom. The second-order valence-electron chi connectivity index (χ2n) is 5.64. The molecule has 1 amide bonds. The monoisotopic (exact) mass is 329 g/mol. The van der Waals surface area contributed by atoms with Crippen LogP contribution in [0.4, 0.5) is 0 Å². The number of halogens is 1. The number of aryl methyl sites for hydroxylation is 2. The molecule has 2 aromatic rings. The Bertz CT molecular complexity index is 708. The van der Waals surface area contributed by atoms with E-state index in [1.807, 2.05) is 44.2 Å². The van der Waals surface area contributed by atoms with Crippen molar-refractivity contribution in [1.29, 1.82) is 0 Å². The smallest absolute Gasteiger partial charge is 0.220 e. The van der Waals surface area contributed by atoms with Crippen LogP contribution >= 0.6 is 11.6 Å². The Morgan fingerprint density at radius 3 is 2.39 bits per heavy atom. The van der Waals surface area contributed by atoms with E-state index in [-0.39, 0.29) is 24.5 Å². The number of carbonyl (C=O) groups is 2. The van der Waals surface area contributed by atoms with Crippen LogP contribution in [-0.2, 0) is 11.3 Å². The lowest BCUT2D eigenvalue weighted by Gasteiger charge is -2.07. The molecule has 0 radical (unpaired) electrons. The molecule has 0 aliphatic carbocycles. The van der Waals surface area contributed by atoms with Gasteiger partial charge in [-0.15, -0.1) is 0 Å².